The lowest BCUT2D eigenvalue weighted by Gasteiger charge is -2.16. The van der Waals surface area contributed by atoms with Gasteiger partial charge in [0.25, 0.3) is 0 Å². The van der Waals surface area contributed by atoms with Gasteiger partial charge in [0.05, 0.1) is 12.7 Å². The first-order chi connectivity index (χ1) is 7.11. The first kappa shape index (κ1) is 14.9. The number of hydrogen-bond donors (Lipinski definition) is 2. The molecular formula is C11H16ClNO3. The predicted molar refractivity (Wildman–Crippen MR) is 63.6 cm³/mol. The van der Waals surface area contributed by atoms with Gasteiger partial charge < -0.3 is 15.6 Å². The molecule has 0 aliphatic heterocycles. The third kappa shape index (κ3) is 4.61. The highest BCUT2D eigenvalue weighted by molar-refractivity contribution is 5.85. The van der Waals surface area contributed by atoms with E-state index in [-0.39, 0.29) is 12.4 Å². The summed E-state index contributed by atoms with van der Waals surface area (Å²) in [5.41, 5.74) is 6.40. The lowest BCUT2D eigenvalue weighted by molar-refractivity contribution is -0.142. The molecule has 16 heavy (non-hydrogen) atoms. The molecule has 0 radical (unpaired) electrons. The van der Waals surface area contributed by atoms with E-state index >= 15 is 0 Å². The molecule has 0 heterocycles. The number of aliphatic carboxylic acids is 1. The molecule has 0 amide bonds. The number of halogens is 1. The molecule has 90 valence electrons. The van der Waals surface area contributed by atoms with Crippen molar-refractivity contribution in [1.29, 1.82) is 0 Å². The molecule has 2 atom stereocenters. The van der Waals surface area contributed by atoms with Crippen LogP contribution in [0.15, 0.2) is 30.3 Å². The van der Waals surface area contributed by atoms with E-state index in [0.29, 0.717) is 6.61 Å². The molecule has 1 aromatic rings. The van der Waals surface area contributed by atoms with E-state index in [0.717, 1.165) is 5.56 Å². The molecule has 4 nitrogen and oxygen atoms in total. The van der Waals surface area contributed by atoms with Crippen LogP contribution in [0.5, 0.6) is 0 Å². The first-order valence-electron chi connectivity index (χ1n) is 4.75. The number of nitrogens with two attached hydrogens (primary N) is 1. The van der Waals surface area contributed by atoms with Crippen LogP contribution in [0.25, 0.3) is 0 Å². The van der Waals surface area contributed by atoms with Gasteiger partial charge >= 0.3 is 5.97 Å². The second kappa shape index (κ2) is 7.22. The Labute approximate surface area is 101 Å². The molecule has 0 saturated carbocycles. The van der Waals surface area contributed by atoms with Gasteiger partial charge in [0.2, 0.25) is 0 Å². The number of carboxylic acids is 1. The minimum Gasteiger partial charge on any atom is -0.480 e. The third-order valence-corrected chi connectivity index (χ3v) is 2.15. The Morgan fingerprint density at radius 1 is 1.44 bits per heavy atom. The quantitative estimate of drug-likeness (QED) is 0.823. The monoisotopic (exact) mass is 245 g/mol. The van der Waals surface area contributed by atoms with Crippen LogP contribution in [0, 0.1) is 0 Å². The molecular weight excluding hydrogens is 230 g/mol. The van der Waals surface area contributed by atoms with Gasteiger partial charge in [-0.1, -0.05) is 30.3 Å². The Bertz CT molecular complexity index is 318. The van der Waals surface area contributed by atoms with Gasteiger partial charge in [-0.25, -0.2) is 0 Å². The molecule has 5 heteroatoms. The number of hydrogen-bond acceptors (Lipinski definition) is 3. The molecule has 0 fully saturated rings. The van der Waals surface area contributed by atoms with Crippen molar-refractivity contribution >= 4 is 18.4 Å². The summed E-state index contributed by atoms with van der Waals surface area (Å²) in [5.74, 6) is -1.05. The van der Waals surface area contributed by atoms with Crippen LogP contribution in [-0.2, 0) is 16.1 Å². The van der Waals surface area contributed by atoms with E-state index in [1.165, 1.54) is 0 Å². The molecule has 0 saturated heterocycles. The van der Waals surface area contributed by atoms with Crippen molar-refractivity contribution in [3.05, 3.63) is 35.9 Å². The van der Waals surface area contributed by atoms with Crippen molar-refractivity contribution in [1.82, 2.24) is 0 Å². The fourth-order valence-electron chi connectivity index (χ4n) is 1.11. The highest BCUT2D eigenvalue weighted by Gasteiger charge is 2.20. The maximum absolute atomic E-state index is 10.5. The number of benzene rings is 1. The van der Waals surface area contributed by atoms with Crippen molar-refractivity contribution in [2.75, 3.05) is 0 Å². The third-order valence-electron chi connectivity index (χ3n) is 2.15. The summed E-state index contributed by atoms with van der Waals surface area (Å²) in [7, 11) is 0. The molecule has 0 aliphatic carbocycles. The Morgan fingerprint density at radius 3 is 2.50 bits per heavy atom. The highest BCUT2D eigenvalue weighted by Crippen LogP contribution is 2.05. The highest BCUT2D eigenvalue weighted by atomic mass is 35.5. The zero-order valence-corrected chi connectivity index (χ0v) is 9.81. The number of carbonyl (C=O) groups is 1. The summed E-state index contributed by atoms with van der Waals surface area (Å²) in [6, 6.07) is 8.57. The Kier molecular flexibility index (Phi) is 6.72. The fraction of sp³-hybridized carbons (Fsp3) is 0.364. The van der Waals surface area contributed by atoms with Crippen molar-refractivity contribution < 1.29 is 14.6 Å². The predicted octanol–water partition coefficient (Wildman–Crippen LogP) is 1.43. The topological polar surface area (TPSA) is 72.5 Å². The van der Waals surface area contributed by atoms with Crippen LogP contribution in [0.3, 0.4) is 0 Å². The van der Waals surface area contributed by atoms with E-state index < -0.39 is 18.1 Å². The van der Waals surface area contributed by atoms with Crippen LogP contribution in [0.2, 0.25) is 0 Å². The van der Waals surface area contributed by atoms with E-state index in [4.69, 9.17) is 15.6 Å². The number of carboxylic acid groups (broad SMARTS) is 1. The maximum atomic E-state index is 10.5. The largest absolute Gasteiger partial charge is 0.480 e. The normalized spacial score (nSPS) is 13.6. The summed E-state index contributed by atoms with van der Waals surface area (Å²) >= 11 is 0. The maximum Gasteiger partial charge on any atom is 0.323 e. The summed E-state index contributed by atoms with van der Waals surface area (Å²) in [5, 5.41) is 8.64. The molecule has 0 bridgehead atoms. The standard InChI is InChI=1S/C11H15NO3.ClH/c1-8(10(12)11(13)14)15-7-9-5-3-2-4-6-9;/h2-6,8,10H,7,12H2,1H3,(H,13,14);1H/t8-,10+;/m1./s1. The van der Waals surface area contributed by atoms with Gasteiger partial charge in [0.1, 0.15) is 6.04 Å². The van der Waals surface area contributed by atoms with Gasteiger partial charge in [-0.3, -0.25) is 4.79 Å². The zero-order chi connectivity index (χ0) is 11.3. The summed E-state index contributed by atoms with van der Waals surface area (Å²) < 4.78 is 5.35. The summed E-state index contributed by atoms with van der Waals surface area (Å²) in [4.78, 5) is 10.5. The molecule has 0 aromatic heterocycles. The second-order valence-corrected chi connectivity index (χ2v) is 3.37. The van der Waals surface area contributed by atoms with Crippen molar-refractivity contribution in [2.24, 2.45) is 5.73 Å². The van der Waals surface area contributed by atoms with Crippen molar-refractivity contribution in [3.63, 3.8) is 0 Å². The van der Waals surface area contributed by atoms with E-state index in [1.54, 1.807) is 6.92 Å². The van der Waals surface area contributed by atoms with Gasteiger partial charge in [-0.15, -0.1) is 12.4 Å². The van der Waals surface area contributed by atoms with Crippen LogP contribution in [0.4, 0.5) is 0 Å². The lowest BCUT2D eigenvalue weighted by atomic mass is 10.2. The van der Waals surface area contributed by atoms with Crippen LogP contribution >= 0.6 is 12.4 Å². The van der Waals surface area contributed by atoms with Gasteiger partial charge in [0, 0.05) is 0 Å². The van der Waals surface area contributed by atoms with Crippen molar-refractivity contribution in [2.45, 2.75) is 25.7 Å². The van der Waals surface area contributed by atoms with E-state index in [2.05, 4.69) is 0 Å². The second-order valence-electron chi connectivity index (χ2n) is 3.37. The van der Waals surface area contributed by atoms with Gasteiger partial charge in [0.15, 0.2) is 0 Å². The molecule has 3 N–H and O–H groups in total. The summed E-state index contributed by atoms with van der Waals surface area (Å²) in [6.45, 7) is 2.03. The molecule has 0 unspecified atom stereocenters. The van der Waals surface area contributed by atoms with Crippen LogP contribution in [-0.4, -0.2) is 23.2 Å². The fourth-order valence-corrected chi connectivity index (χ4v) is 1.11. The zero-order valence-electron chi connectivity index (χ0n) is 9.00. The molecule has 1 rings (SSSR count). The Morgan fingerprint density at radius 2 is 2.00 bits per heavy atom. The molecule has 1 aromatic carbocycles. The smallest absolute Gasteiger partial charge is 0.323 e. The molecule has 0 aliphatic rings. The minimum absolute atomic E-state index is 0. The van der Waals surface area contributed by atoms with Gasteiger partial charge in [-0.05, 0) is 12.5 Å². The summed E-state index contributed by atoms with van der Waals surface area (Å²) in [6.07, 6.45) is -0.497. The van der Waals surface area contributed by atoms with E-state index in [9.17, 15) is 4.79 Å². The van der Waals surface area contributed by atoms with Gasteiger partial charge in [-0.2, -0.15) is 0 Å². The minimum atomic E-state index is -1.05. The van der Waals surface area contributed by atoms with E-state index in [1.807, 2.05) is 30.3 Å². The number of rotatable bonds is 5. The lowest BCUT2D eigenvalue weighted by Crippen LogP contribution is -2.41. The molecule has 0 spiro atoms. The van der Waals surface area contributed by atoms with Crippen LogP contribution in [0.1, 0.15) is 12.5 Å². The average Bonchev–Trinajstić information content (AvgIpc) is 2.26. The Hall–Kier alpha value is -1.10. The average molecular weight is 246 g/mol. The van der Waals surface area contributed by atoms with Crippen LogP contribution < -0.4 is 5.73 Å². The Balaban J connectivity index is 0.00000225. The number of ether oxygens (including phenoxy) is 1. The van der Waals surface area contributed by atoms with Crippen molar-refractivity contribution in [3.8, 4) is 0 Å². The first-order valence-corrected chi connectivity index (χ1v) is 4.75. The SMILES string of the molecule is C[C@@H](OCc1ccccc1)[C@H](N)C(=O)O.Cl.